The first kappa shape index (κ1) is 14.7. The fourth-order valence-corrected chi connectivity index (χ4v) is 1.95. The molecule has 0 unspecified atom stereocenters. The van der Waals surface area contributed by atoms with Crippen molar-refractivity contribution in [2.24, 2.45) is 0 Å². The van der Waals surface area contributed by atoms with Crippen LogP contribution in [0, 0.1) is 6.92 Å². The van der Waals surface area contributed by atoms with Crippen LogP contribution in [-0.4, -0.2) is 48.3 Å². The highest BCUT2D eigenvalue weighted by Crippen LogP contribution is 2.16. The second kappa shape index (κ2) is 6.62. The minimum atomic E-state index is -0.444. The second-order valence-electron chi connectivity index (χ2n) is 4.60. The standard InChI is InChI=1S/C13H20N4O3/c1-4-19-13(18)11-7-12(16-10(3)15-11)17-6-5-14-8-9(2)20-17/h7,9,14H,4-6,8H2,1-3H3/t9-/m0/s1. The molecule has 0 bridgehead atoms. The third-order valence-corrected chi connectivity index (χ3v) is 2.80. The van der Waals surface area contributed by atoms with Gasteiger partial charge in [-0.1, -0.05) is 0 Å². The lowest BCUT2D eigenvalue weighted by atomic mass is 10.3. The molecule has 1 aromatic heterocycles. The highest BCUT2D eigenvalue weighted by molar-refractivity contribution is 5.88. The summed E-state index contributed by atoms with van der Waals surface area (Å²) in [5.41, 5.74) is 0.253. The van der Waals surface area contributed by atoms with E-state index in [2.05, 4.69) is 15.3 Å². The summed E-state index contributed by atoms with van der Waals surface area (Å²) in [5.74, 6) is 0.648. The normalized spacial score (nSPS) is 19.6. The van der Waals surface area contributed by atoms with E-state index in [1.807, 2.05) is 6.92 Å². The van der Waals surface area contributed by atoms with E-state index in [1.54, 1.807) is 25.0 Å². The van der Waals surface area contributed by atoms with Gasteiger partial charge in [-0.25, -0.2) is 19.8 Å². The highest BCUT2D eigenvalue weighted by atomic mass is 16.7. The van der Waals surface area contributed by atoms with Gasteiger partial charge in [0.15, 0.2) is 11.5 Å². The molecule has 0 aromatic carbocycles. The zero-order valence-electron chi connectivity index (χ0n) is 12.0. The Hall–Kier alpha value is -1.73. The molecule has 1 atom stereocenters. The summed E-state index contributed by atoms with van der Waals surface area (Å²) in [5, 5.41) is 4.96. The number of nitrogens with one attached hydrogen (secondary N) is 1. The Morgan fingerprint density at radius 3 is 3.15 bits per heavy atom. The van der Waals surface area contributed by atoms with E-state index in [9.17, 15) is 4.79 Å². The topological polar surface area (TPSA) is 76.6 Å². The number of aryl methyl sites for hydroxylation is 1. The van der Waals surface area contributed by atoms with Gasteiger partial charge in [0, 0.05) is 19.2 Å². The first-order valence-corrected chi connectivity index (χ1v) is 6.78. The van der Waals surface area contributed by atoms with Crippen LogP contribution >= 0.6 is 0 Å². The molecule has 7 heteroatoms. The van der Waals surface area contributed by atoms with Crippen LogP contribution in [0.25, 0.3) is 0 Å². The summed E-state index contributed by atoms with van der Waals surface area (Å²) in [7, 11) is 0. The van der Waals surface area contributed by atoms with E-state index in [4.69, 9.17) is 9.57 Å². The van der Waals surface area contributed by atoms with Gasteiger partial charge in [0.25, 0.3) is 0 Å². The maximum absolute atomic E-state index is 11.8. The third-order valence-electron chi connectivity index (χ3n) is 2.80. The lowest BCUT2D eigenvalue weighted by Gasteiger charge is -2.23. The van der Waals surface area contributed by atoms with Crippen molar-refractivity contribution in [2.45, 2.75) is 26.9 Å². The predicted molar refractivity (Wildman–Crippen MR) is 73.5 cm³/mol. The molecule has 0 spiro atoms. The van der Waals surface area contributed by atoms with Crippen molar-refractivity contribution in [3.8, 4) is 0 Å². The van der Waals surface area contributed by atoms with Crippen molar-refractivity contribution in [2.75, 3.05) is 31.3 Å². The minimum Gasteiger partial charge on any atom is -0.461 e. The van der Waals surface area contributed by atoms with Crippen LogP contribution in [-0.2, 0) is 9.57 Å². The van der Waals surface area contributed by atoms with Gasteiger partial charge in [-0.3, -0.25) is 4.84 Å². The summed E-state index contributed by atoms with van der Waals surface area (Å²) >= 11 is 0. The fourth-order valence-electron chi connectivity index (χ4n) is 1.95. The number of nitrogens with zero attached hydrogens (tertiary/aromatic N) is 3. The monoisotopic (exact) mass is 280 g/mol. The van der Waals surface area contributed by atoms with Crippen LogP contribution in [0.2, 0.25) is 0 Å². The summed E-state index contributed by atoms with van der Waals surface area (Å²) < 4.78 is 4.97. The summed E-state index contributed by atoms with van der Waals surface area (Å²) in [4.78, 5) is 26.0. The Balaban J connectivity index is 2.24. The number of esters is 1. The summed E-state index contributed by atoms with van der Waals surface area (Å²) in [6, 6.07) is 1.60. The van der Waals surface area contributed by atoms with Gasteiger partial charge in [0.05, 0.1) is 19.3 Å². The molecule has 1 saturated heterocycles. The Morgan fingerprint density at radius 2 is 2.40 bits per heavy atom. The molecular formula is C13H20N4O3. The summed E-state index contributed by atoms with van der Waals surface area (Å²) in [6.45, 7) is 8.03. The molecule has 1 N–H and O–H groups in total. The Bertz CT molecular complexity index is 481. The van der Waals surface area contributed by atoms with Gasteiger partial charge >= 0.3 is 5.97 Å². The van der Waals surface area contributed by atoms with Crippen LogP contribution in [0.4, 0.5) is 5.82 Å². The highest BCUT2D eigenvalue weighted by Gasteiger charge is 2.19. The van der Waals surface area contributed by atoms with Gasteiger partial charge in [-0.2, -0.15) is 0 Å². The van der Waals surface area contributed by atoms with Crippen LogP contribution in [0.1, 0.15) is 30.2 Å². The van der Waals surface area contributed by atoms with Crippen LogP contribution < -0.4 is 10.4 Å². The first-order valence-electron chi connectivity index (χ1n) is 6.78. The average molecular weight is 280 g/mol. The lowest BCUT2D eigenvalue weighted by Crippen LogP contribution is -2.30. The number of anilines is 1. The molecule has 1 fully saturated rings. The smallest absolute Gasteiger partial charge is 0.357 e. The van der Waals surface area contributed by atoms with E-state index in [0.717, 1.165) is 13.1 Å². The maximum Gasteiger partial charge on any atom is 0.357 e. The molecule has 0 radical (unpaired) electrons. The van der Waals surface area contributed by atoms with Crippen molar-refractivity contribution in [1.82, 2.24) is 15.3 Å². The van der Waals surface area contributed by atoms with Gasteiger partial charge in [-0.05, 0) is 20.8 Å². The number of rotatable bonds is 3. The van der Waals surface area contributed by atoms with Crippen molar-refractivity contribution in [3.05, 3.63) is 17.6 Å². The maximum atomic E-state index is 11.8. The first-order chi connectivity index (χ1) is 9.60. The molecule has 1 aliphatic rings. The van der Waals surface area contributed by atoms with Gasteiger partial charge in [-0.15, -0.1) is 0 Å². The largest absolute Gasteiger partial charge is 0.461 e. The van der Waals surface area contributed by atoms with E-state index in [0.29, 0.717) is 24.8 Å². The zero-order chi connectivity index (χ0) is 14.5. The van der Waals surface area contributed by atoms with Crippen molar-refractivity contribution in [1.29, 1.82) is 0 Å². The van der Waals surface area contributed by atoms with Crippen molar-refractivity contribution < 1.29 is 14.4 Å². The van der Waals surface area contributed by atoms with Crippen LogP contribution in [0.3, 0.4) is 0 Å². The number of ether oxygens (including phenoxy) is 1. The van der Waals surface area contributed by atoms with Crippen molar-refractivity contribution >= 4 is 11.8 Å². The molecular weight excluding hydrogens is 260 g/mol. The lowest BCUT2D eigenvalue weighted by molar-refractivity contribution is 0.0515. The number of aromatic nitrogens is 2. The second-order valence-corrected chi connectivity index (χ2v) is 4.60. The van der Waals surface area contributed by atoms with Crippen LogP contribution in [0.5, 0.6) is 0 Å². The number of carbonyl (C=O) groups is 1. The Labute approximate surface area is 118 Å². The predicted octanol–water partition coefficient (Wildman–Crippen LogP) is 0.691. The zero-order valence-corrected chi connectivity index (χ0v) is 12.0. The quantitative estimate of drug-likeness (QED) is 0.816. The molecule has 1 aromatic rings. The minimum absolute atomic E-state index is 0.0406. The van der Waals surface area contributed by atoms with E-state index >= 15 is 0 Å². The van der Waals surface area contributed by atoms with Crippen molar-refractivity contribution in [3.63, 3.8) is 0 Å². The molecule has 20 heavy (non-hydrogen) atoms. The SMILES string of the molecule is CCOC(=O)c1cc(N2CCNC[C@H](C)O2)nc(C)n1. The van der Waals surface area contributed by atoms with Gasteiger partial charge in [0.2, 0.25) is 0 Å². The van der Waals surface area contributed by atoms with E-state index in [-0.39, 0.29) is 11.8 Å². The number of hydroxylamine groups is 1. The van der Waals surface area contributed by atoms with Crippen LogP contribution in [0.15, 0.2) is 6.07 Å². The molecule has 7 nitrogen and oxygen atoms in total. The van der Waals surface area contributed by atoms with E-state index in [1.165, 1.54) is 0 Å². The fraction of sp³-hybridized carbons (Fsp3) is 0.615. The average Bonchev–Trinajstić information content (AvgIpc) is 2.63. The Morgan fingerprint density at radius 1 is 1.60 bits per heavy atom. The molecule has 2 rings (SSSR count). The number of hydrogen-bond acceptors (Lipinski definition) is 7. The molecule has 110 valence electrons. The van der Waals surface area contributed by atoms with Gasteiger partial charge in [0.1, 0.15) is 5.82 Å². The van der Waals surface area contributed by atoms with Gasteiger partial charge < -0.3 is 10.1 Å². The van der Waals surface area contributed by atoms with E-state index < -0.39 is 5.97 Å². The number of carbonyl (C=O) groups excluding carboxylic acids is 1. The molecule has 0 aliphatic carbocycles. The molecule has 0 saturated carbocycles. The molecule has 2 heterocycles. The third kappa shape index (κ3) is 3.64. The number of hydrogen-bond donors (Lipinski definition) is 1. The Kier molecular flexibility index (Phi) is 4.86. The summed E-state index contributed by atoms with van der Waals surface area (Å²) in [6.07, 6.45) is 0.0406. The molecule has 1 aliphatic heterocycles. The molecule has 0 amide bonds.